The topological polar surface area (TPSA) is 9.23 Å². The van der Waals surface area contributed by atoms with Gasteiger partial charge in [0.2, 0.25) is 4.38 Å². The van der Waals surface area contributed by atoms with E-state index in [0.717, 1.165) is 5.56 Å². The van der Waals surface area contributed by atoms with Gasteiger partial charge in [0.1, 0.15) is 6.61 Å². The molecule has 0 spiro atoms. The first-order chi connectivity index (χ1) is 5.29. The molecule has 0 aliphatic rings. The fourth-order valence-electron chi connectivity index (χ4n) is 0.719. The monoisotopic (exact) mass is 326 g/mol. The molecule has 1 rings (SSSR count). The molecule has 0 heterocycles. The van der Waals surface area contributed by atoms with Gasteiger partial charge in [-0.2, -0.15) is 0 Å². The molecule has 0 bridgehead atoms. The van der Waals surface area contributed by atoms with Crippen LogP contribution in [-0.4, -0.2) is 4.38 Å². The van der Waals surface area contributed by atoms with Crippen molar-refractivity contribution in [2.24, 2.45) is 0 Å². The maximum Gasteiger partial charge on any atom is 0.217 e. The van der Waals surface area contributed by atoms with Gasteiger partial charge in [-0.15, -0.1) is 0 Å². The average molecular weight is 329 g/mol. The molecule has 1 aromatic carbocycles. The second-order valence-corrected chi connectivity index (χ2v) is 3.12. The minimum Gasteiger partial charge on any atom is -0.474 e. The van der Waals surface area contributed by atoms with Gasteiger partial charge < -0.3 is 4.74 Å². The van der Waals surface area contributed by atoms with Crippen molar-refractivity contribution in [2.75, 3.05) is 0 Å². The predicted octanol–water partition coefficient (Wildman–Crippen LogP) is 2.42. The van der Waals surface area contributed by atoms with Gasteiger partial charge in [-0.3, -0.25) is 0 Å². The summed E-state index contributed by atoms with van der Waals surface area (Å²) in [5.74, 6) is 0. The zero-order valence-electron chi connectivity index (χ0n) is 6.36. The summed E-state index contributed by atoms with van der Waals surface area (Å²) in [5, 5.41) is 0. The van der Waals surface area contributed by atoms with Crippen molar-refractivity contribution in [2.45, 2.75) is 6.61 Å². The molecule has 0 N–H and O–H groups in total. The maximum absolute atomic E-state index is 5.02. The second-order valence-electron chi connectivity index (χ2n) is 2.04. The van der Waals surface area contributed by atoms with E-state index in [-0.39, 0.29) is 45.2 Å². The summed E-state index contributed by atoms with van der Waals surface area (Å²) < 4.78 is 5.31. The zero-order chi connectivity index (χ0) is 8.10. The number of thiocarbonyl (C=S) groups is 1. The van der Waals surface area contributed by atoms with E-state index in [1.165, 1.54) is 0 Å². The number of ether oxygens (including phenoxy) is 1. The largest absolute Gasteiger partial charge is 0.474 e. The van der Waals surface area contributed by atoms with Crippen molar-refractivity contribution >= 4 is 29.2 Å². The fraction of sp³-hybridized carbons (Fsp3) is 0.125. The molecule has 0 saturated heterocycles. The molecule has 0 radical (unpaired) electrons. The van der Waals surface area contributed by atoms with Crippen molar-refractivity contribution in [3.05, 3.63) is 35.9 Å². The van der Waals surface area contributed by atoms with Crippen LogP contribution in [-0.2, 0) is 11.3 Å². The van der Waals surface area contributed by atoms with Gasteiger partial charge in [0.05, 0.1) is 0 Å². The molecule has 1 aromatic rings. The van der Waals surface area contributed by atoms with Gasteiger partial charge in [-0.05, 0) is 17.8 Å². The summed E-state index contributed by atoms with van der Waals surface area (Å²) in [6, 6.07) is 9.83. The van der Waals surface area contributed by atoms with E-state index in [9.17, 15) is 0 Å². The standard InChI is InChI=1S/C8H8OS2.Nd/c10-8(11)9-6-7-4-2-1-3-5-7;/h1-5H,6H2,(H,10,11);. The summed E-state index contributed by atoms with van der Waals surface area (Å²) in [4.78, 5) is 0. The van der Waals surface area contributed by atoms with E-state index < -0.39 is 0 Å². The second kappa shape index (κ2) is 7.24. The van der Waals surface area contributed by atoms with Gasteiger partial charge in [-0.1, -0.05) is 43.0 Å². The minimum atomic E-state index is 0. The number of thiol groups is 1. The number of hydrogen-bond acceptors (Lipinski definition) is 2. The molecule has 0 atom stereocenters. The molecular weight excluding hydrogens is 320 g/mol. The van der Waals surface area contributed by atoms with E-state index in [1.54, 1.807) is 0 Å². The van der Waals surface area contributed by atoms with Crippen LogP contribution in [0.1, 0.15) is 5.56 Å². The third-order valence-corrected chi connectivity index (χ3v) is 1.45. The van der Waals surface area contributed by atoms with Crippen molar-refractivity contribution in [1.82, 2.24) is 0 Å². The van der Waals surface area contributed by atoms with Gasteiger partial charge in [-0.25, -0.2) is 0 Å². The van der Waals surface area contributed by atoms with Crippen LogP contribution in [0.4, 0.5) is 0 Å². The molecule has 0 saturated carbocycles. The first-order valence-corrected chi connectivity index (χ1v) is 4.04. The number of hydrogen-bond donors (Lipinski definition) is 1. The smallest absolute Gasteiger partial charge is 0.217 e. The van der Waals surface area contributed by atoms with Crippen LogP contribution < -0.4 is 0 Å². The van der Waals surface area contributed by atoms with E-state index in [0.29, 0.717) is 6.61 Å². The van der Waals surface area contributed by atoms with Crippen LogP contribution in [0, 0.1) is 40.8 Å². The molecule has 0 aliphatic heterocycles. The maximum atomic E-state index is 5.02. The number of benzene rings is 1. The molecule has 12 heavy (non-hydrogen) atoms. The Kier molecular flexibility index (Phi) is 7.73. The summed E-state index contributed by atoms with van der Waals surface area (Å²) in [6.07, 6.45) is 0. The Balaban J connectivity index is 0.00000121. The Labute approximate surface area is 116 Å². The Hall–Kier alpha value is 0.811. The van der Waals surface area contributed by atoms with Crippen LogP contribution in [0.25, 0.3) is 0 Å². The average Bonchev–Trinajstić information content (AvgIpc) is 2.03. The quantitative estimate of drug-likeness (QED) is 0.659. The van der Waals surface area contributed by atoms with Gasteiger partial charge in [0, 0.05) is 40.8 Å². The molecule has 0 aromatic heterocycles. The third kappa shape index (κ3) is 5.46. The SMILES string of the molecule is S=C(S)OCc1ccccc1.[Nd]. The Morgan fingerprint density at radius 3 is 2.42 bits per heavy atom. The Bertz CT molecular complexity index is 238. The number of rotatable bonds is 2. The molecule has 0 amide bonds. The van der Waals surface area contributed by atoms with Gasteiger partial charge in [0.25, 0.3) is 0 Å². The van der Waals surface area contributed by atoms with Crippen LogP contribution in [0.5, 0.6) is 0 Å². The predicted molar refractivity (Wildman–Crippen MR) is 52.8 cm³/mol. The Morgan fingerprint density at radius 2 is 1.92 bits per heavy atom. The fourth-order valence-corrected chi connectivity index (χ4v) is 0.843. The van der Waals surface area contributed by atoms with Crippen molar-refractivity contribution in [3.8, 4) is 0 Å². The summed E-state index contributed by atoms with van der Waals surface area (Å²) in [6.45, 7) is 0.503. The van der Waals surface area contributed by atoms with E-state index in [2.05, 4.69) is 24.8 Å². The molecule has 0 unspecified atom stereocenters. The molecule has 0 fully saturated rings. The third-order valence-electron chi connectivity index (χ3n) is 1.21. The van der Waals surface area contributed by atoms with Crippen molar-refractivity contribution in [3.63, 3.8) is 0 Å². The molecule has 1 nitrogen and oxygen atoms in total. The summed E-state index contributed by atoms with van der Waals surface area (Å²) in [7, 11) is 0. The van der Waals surface area contributed by atoms with E-state index in [1.807, 2.05) is 30.3 Å². The molecule has 4 heteroatoms. The van der Waals surface area contributed by atoms with Crippen LogP contribution in [0.2, 0.25) is 0 Å². The Morgan fingerprint density at radius 1 is 1.33 bits per heavy atom. The molecule has 62 valence electrons. The van der Waals surface area contributed by atoms with Crippen LogP contribution >= 0.6 is 24.8 Å². The van der Waals surface area contributed by atoms with Crippen molar-refractivity contribution in [1.29, 1.82) is 0 Å². The zero-order valence-corrected chi connectivity index (χ0v) is 11.3. The summed E-state index contributed by atoms with van der Waals surface area (Å²) >= 11 is 8.47. The molecule has 0 aliphatic carbocycles. The van der Waals surface area contributed by atoms with Crippen molar-refractivity contribution < 1.29 is 45.6 Å². The molecular formula is C8H8NdOS2. The van der Waals surface area contributed by atoms with Gasteiger partial charge >= 0.3 is 0 Å². The van der Waals surface area contributed by atoms with Gasteiger partial charge in [0.15, 0.2) is 0 Å². The van der Waals surface area contributed by atoms with Crippen LogP contribution in [0.3, 0.4) is 0 Å². The first-order valence-electron chi connectivity index (χ1n) is 3.18. The minimum absolute atomic E-state index is 0. The normalized spacial score (nSPS) is 8.42. The first kappa shape index (κ1) is 12.8. The van der Waals surface area contributed by atoms with E-state index in [4.69, 9.17) is 4.74 Å². The van der Waals surface area contributed by atoms with Crippen LogP contribution in [0.15, 0.2) is 30.3 Å². The van der Waals surface area contributed by atoms with E-state index >= 15 is 0 Å². The summed E-state index contributed by atoms with van der Waals surface area (Å²) in [5.41, 5.74) is 1.10.